The van der Waals surface area contributed by atoms with Crippen molar-refractivity contribution < 1.29 is 9.53 Å². The average molecular weight is 392 g/mol. The van der Waals surface area contributed by atoms with Crippen LogP contribution in [-0.2, 0) is 22.5 Å². The second kappa shape index (κ2) is 9.14. The first-order chi connectivity index (χ1) is 14.2. The summed E-state index contributed by atoms with van der Waals surface area (Å²) >= 11 is 0. The molecule has 5 nitrogen and oxygen atoms in total. The van der Waals surface area contributed by atoms with Gasteiger partial charge in [0.15, 0.2) is 0 Å². The zero-order chi connectivity index (χ0) is 20.1. The molecule has 3 aromatic rings. The molecule has 0 spiro atoms. The summed E-state index contributed by atoms with van der Waals surface area (Å²) in [6.45, 7) is 4.10. The molecule has 29 heavy (non-hydrogen) atoms. The monoisotopic (exact) mass is 391 g/mol. The second-order valence-corrected chi connectivity index (χ2v) is 7.73. The van der Waals surface area contributed by atoms with Gasteiger partial charge in [0.1, 0.15) is 0 Å². The summed E-state index contributed by atoms with van der Waals surface area (Å²) in [7, 11) is 1.89. The molecule has 0 saturated carbocycles. The molecule has 1 amide bonds. The third-order valence-electron chi connectivity index (χ3n) is 5.67. The molecule has 5 heteroatoms. The van der Waals surface area contributed by atoms with E-state index in [0.717, 1.165) is 50.2 Å². The van der Waals surface area contributed by atoms with Crippen LogP contribution in [0.3, 0.4) is 0 Å². The van der Waals surface area contributed by atoms with Crippen molar-refractivity contribution in [1.82, 2.24) is 9.88 Å². The summed E-state index contributed by atoms with van der Waals surface area (Å²) in [6, 6.07) is 16.9. The predicted molar refractivity (Wildman–Crippen MR) is 117 cm³/mol. The summed E-state index contributed by atoms with van der Waals surface area (Å²) in [4.78, 5) is 20.0. The maximum Gasteiger partial charge on any atom is 0.222 e. The van der Waals surface area contributed by atoms with Crippen molar-refractivity contribution in [2.75, 3.05) is 38.3 Å². The van der Waals surface area contributed by atoms with E-state index in [1.165, 1.54) is 16.6 Å². The van der Waals surface area contributed by atoms with Gasteiger partial charge in [0.25, 0.3) is 0 Å². The van der Waals surface area contributed by atoms with Gasteiger partial charge in [0, 0.05) is 55.9 Å². The second-order valence-electron chi connectivity index (χ2n) is 7.73. The highest BCUT2D eigenvalue weighted by atomic mass is 16.5. The molecule has 1 N–H and O–H groups in total. The highest BCUT2D eigenvalue weighted by molar-refractivity contribution is 5.83. The Morgan fingerprint density at radius 1 is 1.10 bits per heavy atom. The number of anilines is 1. The van der Waals surface area contributed by atoms with Gasteiger partial charge in [-0.25, -0.2) is 0 Å². The molecule has 1 aliphatic rings. The molecule has 0 aliphatic carbocycles. The molecule has 0 radical (unpaired) electrons. The SMILES string of the molecule is CN(Cc1ccc(N2CCOCC2)cc1)C(=O)CCCc1c[nH]c2ccccc12. The van der Waals surface area contributed by atoms with Gasteiger partial charge in [0.2, 0.25) is 5.91 Å². The zero-order valence-corrected chi connectivity index (χ0v) is 17.1. The Morgan fingerprint density at radius 3 is 2.66 bits per heavy atom. The molecule has 1 aliphatic heterocycles. The lowest BCUT2D eigenvalue weighted by Gasteiger charge is -2.29. The van der Waals surface area contributed by atoms with Gasteiger partial charge in [-0.15, -0.1) is 0 Å². The highest BCUT2D eigenvalue weighted by Gasteiger charge is 2.13. The third-order valence-corrected chi connectivity index (χ3v) is 5.67. The number of para-hydroxylation sites is 1. The fraction of sp³-hybridized carbons (Fsp3) is 0.375. The van der Waals surface area contributed by atoms with Crippen molar-refractivity contribution in [1.29, 1.82) is 0 Å². The van der Waals surface area contributed by atoms with E-state index < -0.39 is 0 Å². The van der Waals surface area contributed by atoms with Crippen LogP contribution >= 0.6 is 0 Å². The topological polar surface area (TPSA) is 48.6 Å². The van der Waals surface area contributed by atoms with Gasteiger partial charge in [-0.1, -0.05) is 30.3 Å². The first-order valence-corrected chi connectivity index (χ1v) is 10.4. The number of nitrogens with zero attached hydrogens (tertiary/aromatic N) is 2. The third kappa shape index (κ3) is 4.80. The van der Waals surface area contributed by atoms with Crippen molar-refractivity contribution >= 4 is 22.5 Å². The standard InChI is InChI=1S/C24H29N3O2/c1-26(18-19-9-11-21(12-10-19)27-13-15-29-16-14-27)24(28)8-4-5-20-17-25-23-7-3-2-6-22(20)23/h2-3,6-7,9-12,17,25H,4-5,8,13-16,18H2,1H3. The first-order valence-electron chi connectivity index (χ1n) is 10.4. The number of aromatic amines is 1. The van der Waals surface area contributed by atoms with E-state index in [2.05, 4.69) is 58.5 Å². The van der Waals surface area contributed by atoms with Gasteiger partial charge in [0.05, 0.1) is 13.2 Å². The molecule has 2 heterocycles. The number of ether oxygens (including phenoxy) is 1. The number of benzene rings is 2. The van der Waals surface area contributed by atoms with Gasteiger partial charge >= 0.3 is 0 Å². The molecule has 0 unspecified atom stereocenters. The number of aryl methyl sites for hydroxylation is 1. The Hall–Kier alpha value is -2.79. The van der Waals surface area contributed by atoms with E-state index in [4.69, 9.17) is 4.74 Å². The van der Waals surface area contributed by atoms with Crippen molar-refractivity contribution in [2.24, 2.45) is 0 Å². The summed E-state index contributed by atoms with van der Waals surface area (Å²) in [5, 5.41) is 1.26. The van der Waals surface area contributed by atoms with Crippen LogP contribution in [0.25, 0.3) is 10.9 Å². The minimum atomic E-state index is 0.196. The van der Waals surface area contributed by atoms with E-state index in [1.54, 1.807) is 0 Å². The molecule has 4 rings (SSSR count). The van der Waals surface area contributed by atoms with Crippen LogP contribution in [0.1, 0.15) is 24.0 Å². The van der Waals surface area contributed by atoms with E-state index in [-0.39, 0.29) is 5.91 Å². The Bertz CT molecular complexity index is 942. The number of hydrogen-bond donors (Lipinski definition) is 1. The number of aromatic nitrogens is 1. The van der Waals surface area contributed by atoms with Crippen molar-refractivity contribution in [3.63, 3.8) is 0 Å². The maximum absolute atomic E-state index is 12.5. The first kappa shape index (κ1) is 19.5. The summed E-state index contributed by atoms with van der Waals surface area (Å²) in [6.07, 6.45) is 4.41. The van der Waals surface area contributed by atoms with Gasteiger partial charge in [-0.3, -0.25) is 4.79 Å². The lowest BCUT2D eigenvalue weighted by molar-refractivity contribution is -0.130. The molecular weight excluding hydrogens is 362 g/mol. The summed E-state index contributed by atoms with van der Waals surface area (Å²) in [5.41, 5.74) is 4.83. The minimum Gasteiger partial charge on any atom is -0.378 e. The lowest BCUT2D eigenvalue weighted by Crippen LogP contribution is -2.36. The predicted octanol–water partition coefficient (Wildman–Crippen LogP) is 3.99. The lowest BCUT2D eigenvalue weighted by atomic mass is 10.1. The van der Waals surface area contributed by atoms with Crippen molar-refractivity contribution in [3.8, 4) is 0 Å². The fourth-order valence-corrected chi connectivity index (χ4v) is 3.96. The Morgan fingerprint density at radius 2 is 1.86 bits per heavy atom. The smallest absolute Gasteiger partial charge is 0.222 e. The van der Waals surface area contributed by atoms with Crippen LogP contribution in [0.2, 0.25) is 0 Å². The molecule has 1 fully saturated rings. The Labute approximate surface area is 172 Å². The van der Waals surface area contributed by atoms with E-state index >= 15 is 0 Å². The Balaban J connectivity index is 1.25. The molecular formula is C24H29N3O2. The molecule has 1 saturated heterocycles. The quantitative estimate of drug-likeness (QED) is 0.663. The average Bonchev–Trinajstić information content (AvgIpc) is 3.18. The Kier molecular flexibility index (Phi) is 6.15. The van der Waals surface area contributed by atoms with Crippen LogP contribution in [0, 0.1) is 0 Å². The number of fused-ring (bicyclic) bond motifs is 1. The number of H-pyrrole nitrogens is 1. The number of amides is 1. The summed E-state index contributed by atoms with van der Waals surface area (Å²) in [5.74, 6) is 0.196. The minimum absolute atomic E-state index is 0.196. The molecule has 0 bridgehead atoms. The normalized spacial score (nSPS) is 14.3. The maximum atomic E-state index is 12.5. The van der Waals surface area contributed by atoms with Gasteiger partial charge in [-0.05, 0) is 42.2 Å². The van der Waals surface area contributed by atoms with Crippen LogP contribution in [0.5, 0.6) is 0 Å². The van der Waals surface area contributed by atoms with Gasteiger partial charge in [-0.2, -0.15) is 0 Å². The zero-order valence-electron chi connectivity index (χ0n) is 17.1. The van der Waals surface area contributed by atoms with E-state index in [1.807, 2.05) is 18.0 Å². The van der Waals surface area contributed by atoms with Crippen LogP contribution < -0.4 is 4.90 Å². The van der Waals surface area contributed by atoms with Crippen molar-refractivity contribution in [3.05, 3.63) is 65.9 Å². The molecule has 1 aromatic heterocycles. The number of carbonyl (C=O) groups excluding carboxylic acids is 1. The van der Waals surface area contributed by atoms with Crippen LogP contribution in [0.15, 0.2) is 54.7 Å². The molecule has 0 atom stereocenters. The van der Waals surface area contributed by atoms with Crippen molar-refractivity contribution in [2.45, 2.75) is 25.8 Å². The van der Waals surface area contributed by atoms with E-state index in [0.29, 0.717) is 13.0 Å². The summed E-state index contributed by atoms with van der Waals surface area (Å²) < 4.78 is 5.41. The van der Waals surface area contributed by atoms with E-state index in [9.17, 15) is 4.79 Å². The number of carbonyl (C=O) groups is 1. The molecule has 152 valence electrons. The van der Waals surface area contributed by atoms with Crippen LogP contribution in [-0.4, -0.2) is 49.1 Å². The fourth-order valence-electron chi connectivity index (χ4n) is 3.96. The van der Waals surface area contributed by atoms with Crippen LogP contribution in [0.4, 0.5) is 5.69 Å². The largest absolute Gasteiger partial charge is 0.378 e. The number of morpholine rings is 1. The number of hydrogen-bond acceptors (Lipinski definition) is 3. The number of nitrogens with one attached hydrogen (secondary N) is 1. The highest BCUT2D eigenvalue weighted by Crippen LogP contribution is 2.20. The van der Waals surface area contributed by atoms with Gasteiger partial charge < -0.3 is 19.5 Å². The number of rotatable bonds is 7. The molecule has 2 aromatic carbocycles.